The Balaban J connectivity index is 2.07. The Morgan fingerprint density at radius 3 is 3.00 bits per heavy atom. The normalized spacial score (nSPS) is 16.4. The number of aromatic nitrogens is 3. The maximum atomic E-state index is 5.74. The summed E-state index contributed by atoms with van der Waals surface area (Å²) >= 11 is 1.61. The van der Waals surface area contributed by atoms with Crippen LogP contribution in [0.15, 0.2) is 29.4 Å². The van der Waals surface area contributed by atoms with Gasteiger partial charge in [-0.1, -0.05) is 36.9 Å². The van der Waals surface area contributed by atoms with Crippen LogP contribution in [0.25, 0.3) is 11.3 Å². The zero-order chi connectivity index (χ0) is 13.9. The van der Waals surface area contributed by atoms with Crippen molar-refractivity contribution in [2.24, 2.45) is 0 Å². The number of hydrogen-bond acceptors (Lipinski definition) is 6. The Morgan fingerprint density at radius 2 is 2.15 bits per heavy atom. The van der Waals surface area contributed by atoms with Crippen LogP contribution in [0, 0.1) is 0 Å². The van der Waals surface area contributed by atoms with Crippen molar-refractivity contribution in [3.63, 3.8) is 0 Å². The number of para-hydroxylation sites is 1. The lowest BCUT2D eigenvalue weighted by Gasteiger charge is -2.12. The van der Waals surface area contributed by atoms with Gasteiger partial charge in [-0.2, -0.15) is 0 Å². The standard InChI is InChI=1S/C14H16N4OS/c1-3-8-20-14-16-12-10-6-4-5-7-11(10)15-9(2)19-13(12)17-18-14/h4-7,9,15H,3,8H2,1-2H3. The van der Waals surface area contributed by atoms with Crippen LogP contribution >= 0.6 is 11.8 Å². The molecule has 5 nitrogen and oxygen atoms in total. The van der Waals surface area contributed by atoms with Gasteiger partial charge in [0.2, 0.25) is 5.16 Å². The minimum atomic E-state index is -0.164. The first-order chi connectivity index (χ1) is 9.78. The molecule has 1 atom stereocenters. The number of benzene rings is 1. The van der Waals surface area contributed by atoms with Gasteiger partial charge in [-0.15, -0.1) is 10.2 Å². The van der Waals surface area contributed by atoms with Gasteiger partial charge >= 0.3 is 0 Å². The van der Waals surface area contributed by atoms with E-state index in [1.807, 2.05) is 31.2 Å². The SMILES string of the molecule is CCCSc1nnc2c(n1)-c1ccccc1NC(C)O2. The molecule has 0 radical (unpaired) electrons. The second-order valence-electron chi connectivity index (χ2n) is 4.55. The van der Waals surface area contributed by atoms with Crippen LogP contribution < -0.4 is 10.1 Å². The molecule has 6 heteroatoms. The highest BCUT2D eigenvalue weighted by Crippen LogP contribution is 2.36. The molecule has 1 aliphatic rings. The molecule has 1 unspecified atom stereocenters. The van der Waals surface area contributed by atoms with Crippen LogP contribution in [0.3, 0.4) is 0 Å². The summed E-state index contributed by atoms with van der Waals surface area (Å²) < 4.78 is 5.74. The van der Waals surface area contributed by atoms with E-state index in [-0.39, 0.29) is 6.23 Å². The van der Waals surface area contributed by atoms with Crippen molar-refractivity contribution in [2.45, 2.75) is 31.7 Å². The molecule has 0 spiro atoms. The van der Waals surface area contributed by atoms with Gasteiger partial charge in [-0.05, 0) is 19.4 Å². The van der Waals surface area contributed by atoms with Crippen molar-refractivity contribution >= 4 is 17.4 Å². The number of thioether (sulfide) groups is 1. The van der Waals surface area contributed by atoms with Crippen LogP contribution in [-0.2, 0) is 0 Å². The number of hydrogen-bond donors (Lipinski definition) is 1. The molecule has 0 saturated carbocycles. The van der Waals surface area contributed by atoms with Crippen LogP contribution in [0.2, 0.25) is 0 Å². The average Bonchev–Trinajstić information content (AvgIpc) is 2.60. The van der Waals surface area contributed by atoms with Crippen LogP contribution in [0.1, 0.15) is 20.3 Å². The molecule has 1 N–H and O–H groups in total. The molecule has 0 saturated heterocycles. The number of nitrogens with zero attached hydrogens (tertiary/aromatic N) is 3. The summed E-state index contributed by atoms with van der Waals surface area (Å²) in [6, 6.07) is 8.02. The van der Waals surface area contributed by atoms with Gasteiger partial charge in [-0.3, -0.25) is 0 Å². The Morgan fingerprint density at radius 1 is 1.30 bits per heavy atom. The first kappa shape index (κ1) is 13.2. The largest absolute Gasteiger partial charge is 0.451 e. The van der Waals surface area contributed by atoms with E-state index in [1.54, 1.807) is 11.8 Å². The van der Waals surface area contributed by atoms with E-state index in [0.717, 1.165) is 29.1 Å². The van der Waals surface area contributed by atoms with E-state index < -0.39 is 0 Å². The summed E-state index contributed by atoms with van der Waals surface area (Å²) in [5.74, 6) is 1.47. The van der Waals surface area contributed by atoms with E-state index in [9.17, 15) is 0 Å². The second kappa shape index (κ2) is 5.66. The Hall–Kier alpha value is -1.82. The first-order valence-corrected chi connectivity index (χ1v) is 7.66. The summed E-state index contributed by atoms with van der Waals surface area (Å²) in [6.07, 6.45) is 0.916. The topological polar surface area (TPSA) is 59.9 Å². The molecule has 0 bridgehead atoms. The van der Waals surface area contributed by atoms with Gasteiger partial charge in [0.15, 0.2) is 6.23 Å². The lowest BCUT2D eigenvalue weighted by molar-refractivity contribution is 0.239. The lowest BCUT2D eigenvalue weighted by atomic mass is 10.1. The van der Waals surface area contributed by atoms with Crippen LogP contribution in [0.4, 0.5) is 5.69 Å². The third kappa shape index (κ3) is 2.56. The van der Waals surface area contributed by atoms with Gasteiger partial charge < -0.3 is 10.1 Å². The number of rotatable bonds is 3. The Bertz CT molecular complexity index is 620. The zero-order valence-corrected chi connectivity index (χ0v) is 12.3. The molecule has 0 aliphatic carbocycles. The molecule has 1 aliphatic heterocycles. The minimum absolute atomic E-state index is 0.164. The third-order valence-corrected chi connectivity index (χ3v) is 3.94. The molecular weight excluding hydrogens is 272 g/mol. The molecule has 20 heavy (non-hydrogen) atoms. The molecule has 2 heterocycles. The predicted octanol–water partition coefficient (Wildman–Crippen LogP) is 3.19. The molecule has 2 aromatic rings. The summed E-state index contributed by atoms with van der Waals surface area (Å²) in [4.78, 5) is 4.61. The number of anilines is 1. The van der Waals surface area contributed by atoms with Crippen LogP contribution in [-0.4, -0.2) is 27.2 Å². The van der Waals surface area contributed by atoms with Crippen molar-refractivity contribution < 1.29 is 4.74 Å². The predicted molar refractivity (Wildman–Crippen MR) is 80.0 cm³/mol. The summed E-state index contributed by atoms with van der Waals surface area (Å²) in [5, 5.41) is 12.3. The fourth-order valence-electron chi connectivity index (χ4n) is 2.04. The van der Waals surface area contributed by atoms with Gasteiger partial charge in [-0.25, -0.2) is 4.98 Å². The molecule has 0 fully saturated rings. The maximum absolute atomic E-state index is 5.74. The second-order valence-corrected chi connectivity index (χ2v) is 5.61. The minimum Gasteiger partial charge on any atom is -0.451 e. The van der Waals surface area contributed by atoms with E-state index >= 15 is 0 Å². The van der Waals surface area contributed by atoms with Crippen molar-refractivity contribution in [1.82, 2.24) is 15.2 Å². The molecule has 1 aromatic carbocycles. The monoisotopic (exact) mass is 288 g/mol. The van der Waals surface area contributed by atoms with Gasteiger partial charge in [0.1, 0.15) is 5.69 Å². The highest BCUT2D eigenvalue weighted by atomic mass is 32.2. The fourth-order valence-corrected chi connectivity index (χ4v) is 2.68. The Labute approximate surface area is 122 Å². The van der Waals surface area contributed by atoms with Gasteiger partial charge in [0, 0.05) is 17.0 Å². The highest BCUT2D eigenvalue weighted by Gasteiger charge is 2.22. The maximum Gasteiger partial charge on any atom is 0.262 e. The van der Waals surface area contributed by atoms with E-state index in [0.29, 0.717) is 11.0 Å². The number of fused-ring (bicyclic) bond motifs is 3. The van der Waals surface area contributed by atoms with E-state index in [2.05, 4.69) is 27.4 Å². The molecule has 104 valence electrons. The third-order valence-electron chi connectivity index (χ3n) is 2.90. The van der Waals surface area contributed by atoms with Crippen molar-refractivity contribution in [3.05, 3.63) is 24.3 Å². The number of nitrogens with one attached hydrogen (secondary N) is 1. The molecular formula is C14H16N4OS. The van der Waals surface area contributed by atoms with Gasteiger partial charge in [0.05, 0.1) is 0 Å². The molecule has 1 aromatic heterocycles. The zero-order valence-electron chi connectivity index (χ0n) is 11.5. The number of ether oxygens (including phenoxy) is 1. The lowest BCUT2D eigenvalue weighted by Crippen LogP contribution is -2.21. The van der Waals surface area contributed by atoms with E-state index in [1.165, 1.54) is 0 Å². The highest BCUT2D eigenvalue weighted by molar-refractivity contribution is 7.99. The summed E-state index contributed by atoms with van der Waals surface area (Å²) in [6.45, 7) is 4.07. The fraction of sp³-hybridized carbons (Fsp3) is 0.357. The smallest absolute Gasteiger partial charge is 0.262 e. The van der Waals surface area contributed by atoms with Crippen molar-refractivity contribution in [3.8, 4) is 17.1 Å². The van der Waals surface area contributed by atoms with Crippen molar-refractivity contribution in [2.75, 3.05) is 11.1 Å². The van der Waals surface area contributed by atoms with E-state index in [4.69, 9.17) is 4.74 Å². The quantitative estimate of drug-likeness (QED) is 0.875. The van der Waals surface area contributed by atoms with Crippen LogP contribution in [0.5, 0.6) is 5.88 Å². The Kier molecular flexibility index (Phi) is 3.73. The summed E-state index contributed by atoms with van der Waals surface area (Å²) in [7, 11) is 0. The van der Waals surface area contributed by atoms with Crippen molar-refractivity contribution in [1.29, 1.82) is 0 Å². The van der Waals surface area contributed by atoms with Gasteiger partial charge in [0.25, 0.3) is 5.88 Å². The first-order valence-electron chi connectivity index (χ1n) is 6.68. The molecule has 3 rings (SSSR count). The average molecular weight is 288 g/mol. The molecule has 0 amide bonds. The summed E-state index contributed by atoms with van der Waals surface area (Å²) in [5.41, 5.74) is 2.76.